The lowest BCUT2D eigenvalue weighted by atomic mass is 10.1. The van der Waals surface area contributed by atoms with Crippen molar-refractivity contribution in [2.45, 2.75) is 0 Å². The van der Waals surface area contributed by atoms with Crippen molar-refractivity contribution in [3.05, 3.63) is 39.1 Å². The van der Waals surface area contributed by atoms with E-state index in [0.29, 0.717) is 37.4 Å². The SMILES string of the molecule is O=C(O)c1c(=O)c2cc(F)c(N3CCNCC3)cc2n2c(O)csc12. The molecule has 25 heavy (non-hydrogen) atoms. The highest BCUT2D eigenvalue weighted by Gasteiger charge is 2.23. The highest BCUT2D eigenvalue weighted by Crippen LogP contribution is 2.32. The second kappa shape index (κ2) is 5.71. The first-order valence-electron chi connectivity index (χ1n) is 7.66. The Morgan fingerprint density at radius 2 is 2.00 bits per heavy atom. The van der Waals surface area contributed by atoms with Gasteiger partial charge in [0.2, 0.25) is 11.3 Å². The van der Waals surface area contributed by atoms with Crippen LogP contribution in [0, 0.1) is 5.82 Å². The predicted molar refractivity (Wildman–Crippen MR) is 92.7 cm³/mol. The number of aromatic hydroxyl groups is 1. The summed E-state index contributed by atoms with van der Waals surface area (Å²) in [6.45, 7) is 2.66. The molecule has 3 heterocycles. The maximum absolute atomic E-state index is 14.6. The number of hydrogen-bond acceptors (Lipinski definition) is 6. The van der Waals surface area contributed by atoms with Crippen LogP contribution in [0.1, 0.15) is 10.4 Å². The fraction of sp³-hybridized carbons (Fsp3) is 0.250. The van der Waals surface area contributed by atoms with Gasteiger partial charge in [0.05, 0.1) is 22.0 Å². The molecule has 0 spiro atoms. The molecule has 130 valence electrons. The lowest BCUT2D eigenvalue weighted by Gasteiger charge is -2.30. The molecule has 0 saturated carbocycles. The molecule has 1 aliphatic heterocycles. The van der Waals surface area contributed by atoms with Gasteiger partial charge in [0.15, 0.2) is 0 Å². The summed E-state index contributed by atoms with van der Waals surface area (Å²) >= 11 is 0.958. The molecule has 0 radical (unpaired) electrons. The number of carbonyl (C=O) groups is 1. The molecule has 0 bridgehead atoms. The van der Waals surface area contributed by atoms with E-state index in [-0.39, 0.29) is 16.1 Å². The highest BCUT2D eigenvalue weighted by molar-refractivity contribution is 7.16. The van der Waals surface area contributed by atoms with Crippen molar-refractivity contribution in [1.82, 2.24) is 9.72 Å². The van der Waals surface area contributed by atoms with E-state index in [1.54, 1.807) is 0 Å². The van der Waals surface area contributed by atoms with Gasteiger partial charge in [-0.2, -0.15) is 0 Å². The van der Waals surface area contributed by atoms with E-state index in [1.807, 2.05) is 4.90 Å². The quantitative estimate of drug-likeness (QED) is 0.638. The number of fused-ring (bicyclic) bond motifs is 3. The monoisotopic (exact) mass is 363 g/mol. The van der Waals surface area contributed by atoms with Crippen molar-refractivity contribution >= 4 is 38.7 Å². The van der Waals surface area contributed by atoms with Gasteiger partial charge in [-0.3, -0.25) is 9.20 Å². The van der Waals surface area contributed by atoms with E-state index in [2.05, 4.69) is 5.32 Å². The molecule has 1 aliphatic rings. The van der Waals surface area contributed by atoms with Crippen LogP contribution in [0.2, 0.25) is 0 Å². The molecule has 4 rings (SSSR count). The molecule has 7 nitrogen and oxygen atoms in total. The summed E-state index contributed by atoms with van der Waals surface area (Å²) in [7, 11) is 0. The summed E-state index contributed by atoms with van der Waals surface area (Å²) < 4.78 is 15.9. The van der Waals surface area contributed by atoms with E-state index < -0.39 is 22.8 Å². The van der Waals surface area contributed by atoms with Crippen molar-refractivity contribution in [3.8, 4) is 5.88 Å². The maximum atomic E-state index is 14.6. The lowest BCUT2D eigenvalue weighted by Crippen LogP contribution is -2.43. The number of nitrogens with one attached hydrogen (secondary N) is 1. The van der Waals surface area contributed by atoms with Crippen molar-refractivity contribution in [1.29, 1.82) is 0 Å². The molecule has 0 unspecified atom stereocenters. The van der Waals surface area contributed by atoms with Gasteiger partial charge in [-0.1, -0.05) is 0 Å². The van der Waals surface area contributed by atoms with Crippen molar-refractivity contribution < 1.29 is 19.4 Å². The summed E-state index contributed by atoms with van der Waals surface area (Å²) in [5.74, 6) is -2.18. The molecule has 1 aromatic carbocycles. The number of rotatable bonds is 2. The zero-order valence-corrected chi connectivity index (χ0v) is 13.8. The van der Waals surface area contributed by atoms with Gasteiger partial charge in [0, 0.05) is 26.2 Å². The van der Waals surface area contributed by atoms with Crippen LogP contribution >= 0.6 is 11.3 Å². The predicted octanol–water partition coefficient (Wildman–Crippen LogP) is 1.47. The van der Waals surface area contributed by atoms with Crippen LogP contribution in [0.4, 0.5) is 10.1 Å². The molecule has 3 aromatic rings. The van der Waals surface area contributed by atoms with Crippen LogP contribution in [-0.4, -0.2) is 46.8 Å². The fourth-order valence-electron chi connectivity index (χ4n) is 3.21. The third-order valence-electron chi connectivity index (χ3n) is 4.37. The minimum Gasteiger partial charge on any atom is -0.494 e. The zero-order valence-electron chi connectivity index (χ0n) is 13.0. The van der Waals surface area contributed by atoms with Crippen LogP contribution in [0.25, 0.3) is 15.7 Å². The smallest absolute Gasteiger partial charge is 0.342 e. The molecular weight excluding hydrogens is 349 g/mol. The van der Waals surface area contributed by atoms with Gasteiger partial charge in [-0.25, -0.2) is 9.18 Å². The van der Waals surface area contributed by atoms with E-state index in [1.165, 1.54) is 15.8 Å². The largest absolute Gasteiger partial charge is 0.494 e. The average Bonchev–Trinajstić information content (AvgIpc) is 2.97. The van der Waals surface area contributed by atoms with Gasteiger partial charge >= 0.3 is 5.97 Å². The molecule has 3 N–H and O–H groups in total. The zero-order chi connectivity index (χ0) is 17.7. The molecule has 1 saturated heterocycles. The number of anilines is 1. The minimum atomic E-state index is -1.40. The highest BCUT2D eigenvalue weighted by atomic mass is 32.1. The van der Waals surface area contributed by atoms with Crippen molar-refractivity contribution in [3.63, 3.8) is 0 Å². The first-order chi connectivity index (χ1) is 12.0. The topological polar surface area (TPSA) is 94.3 Å². The fourth-order valence-corrected chi connectivity index (χ4v) is 4.13. The number of benzene rings is 1. The summed E-state index contributed by atoms with van der Waals surface area (Å²) in [5, 5.41) is 24.0. The normalized spacial score (nSPS) is 15.2. The summed E-state index contributed by atoms with van der Waals surface area (Å²) in [6, 6.07) is 2.56. The number of halogens is 1. The Hall–Kier alpha value is -2.65. The average molecular weight is 363 g/mol. The number of carboxylic acids is 1. The third kappa shape index (κ3) is 2.35. The number of nitrogens with zero attached hydrogens (tertiary/aromatic N) is 2. The Balaban J connectivity index is 2.09. The van der Waals surface area contributed by atoms with Gasteiger partial charge < -0.3 is 20.4 Å². The molecule has 2 aromatic heterocycles. The number of carboxylic acid groups (broad SMARTS) is 1. The van der Waals surface area contributed by atoms with Crippen molar-refractivity contribution in [2.75, 3.05) is 31.1 Å². The third-order valence-corrected chi connectivity index (χ3v) is 5.31. The molecular formula is C16H14FN3O4S. The van der Waals surface area contributed by atoms with Gasteiger partial charge in [0.25, 0.3) is 0 Å². The van der Waals surface area contributed by atoms with Crippen LogP contribution in [0.5, 0.6) is 5.88 Å². The second-order valence-corrected chi connectivity index (χ2v) is 6.66. The Labute approximate surface area is 144 Å². The molecule has 9 heteroatoms. The van der Waals surface area contributed by atoms with Gasteiger partial charge in [-0.15, -0.1) is 11.3 Å². The van der Waals surface area contributed by atoms with Gasteiger partial charge in [-0.05, 0) is 12.1 Å². The molecule has 0 aliphatic carbocycles. The Bertz CT molecular complexity index is 1070. The Kier molecular flexibility index (Phi) is 3.62. The van der Waals surface area contributed by atoms with Crippen LogP contribution in [0.15, 0.2) is 22.3 Å². The summed E-state index contributed by atoms with van der Waals surface area (Å²) in [6.07, 6.45) is 0. The number of pyridine rings is 1. The first-order valence-corrected chi connectivity index (χ1v) is 8.54. The van der Waals surface area contributed by atoms with E-state index in [9.17, 15) is 24.2 Å². The van der Waals surface area contributed by atoms with Gasteiger partial charge in [0.1, 0.15) is 16.2 Å². The van der Waals surface area contributed by atoms with E-state index in [4.69, 9.17) is 0 Å². The van der Waals surface area contributed by atoms with Crippen LogP contribution < -0.4 is 15.6 Å². The summed E-state index contributed by atoms with van der Waals surface area (Å²) in [4.78, 5) is 26.0. The Morgan fingerprint density at radius 1 is 1.28 bits per heavy atom. The summed E-state index contributed by atoms with van der Waals surface area (Å²) in [5.41, 5.74) is -0.600. The number of piperazine rings is 1. The van der Waals surface area contributed by atoms with Crippen molar-refractivity contribution in [2.24, 2.45) is 0 Å². The van der Waals surface area contributed by atoms with E-state index >= 15 is 0 Å². The first kappa shape index (κ1) is 15.9. The molecule has 0 amide bonds. The maximum Gasteiger partial charge on any atom is 0.342 e. The molecule has 0 atom stereocenters. The number of aromatic carboxylic acids is 1. The van der Waals surface area contributed by atoms with Crippen LogP contribution in [-0.2, 0) is 0 Å². The van der Waals surface area contributed by atoms with E-state index in [0.717, 1.165) is 17.4 Å². The standard InChI is InChI=1S/C16H14FN3O4S/c17-9-5-8-10(6-11(9)19-3-1-18-2-4-19)20-12(21)7-25-15(20)13(14(8)22)16(23)24/h5-7,18,21H,1-4H2,(H,23,24). The number of aromatic nitrogens is 1. The van der Waals surface area contributed by atoms with Crippen LogP contribution in [0.3, 0.4) is 0 Å². The molecule has 1 fully saturated rings. The minimum absolute atomic E-state index is 0.0695. The second-order valence-electron chi connectivity index (χ2n) is 5.80. The number of thiazole rings is 1. The number of hydrogen-bond donors (Lipinski definition) is 3. The Morgan fingerprint density at radius 3 is 2.68 bits per heavy atom. The lowest BCUT2D eigenvalue weighted by molar-refractivity contribution is 0.0697.